The minimum Gasteiger partial charge on any atom is -0.342 e. The van der Waals surface area contributed by atoms with Crippen LogP contribution >= 0.6 is 15.9 Å². The molecular weight excluding hydrogens is 518 g/mol. The molecule has 1 aromatic heterocycles. The second-order valence-corrected chi connectivity index (χ2v) is 11.5. The minimum absolute atomic E-state index is 0.0880. The molecule has 0 N–H and O–H groups in total. The van der Waals surface area contributed by atoms with Crippen molar-refractivity contribution in [1.82, 2.24) is 24.3 Å². The summed E-state index contributed by atoms with van der Waals surface area (Å²) in [6, 6.07) is 14.1. The Balaban J connectivity index is 1.33. The molecule has 2 saturated heterocycles. The number of nitrogens with zero attached hydrogens (tertiary/aromatic N) is 5. The van der Waals surface area contributed by atoms with Crippen LogP contribution < -0.4 is 0 Å². The van der Waals surface area contributed by atoms with E-state index in [2.05, 4.69) is 49.5 Å². The maximum atomic E-state index is 13.3. The van der Waals surface area contributed by atoms with Crippen molar-refractivity contribution in [2.24, 2.45) is 11.8 Å². The van der Waals surface area contributed by atoms with Crippen LogP contribution in [0.15, 0.2) is 46.9 Å². The number of carbonyl (C=O) groups excluding carboxylic acids is 2. The number of aromatic nitrogens is 2. The number of hydrogen-bond donors (Lipinski definition) is 0. The topological polar surface area (TPSA) is 61.7 Å². The Morgan fingerprint density at radius 1 is 0.944 bits per heavy atom. The first-order chi connectivity index (χ1) is 17.5. The SMILES string of the molecule is CN1CCN(C(=O)c2ccc3nc(-c4ccc(Br)cc4)n(C[C@H]4CCN(C(=O)C5CC5)C4)c3c2)CC1. The first-order valence-electron chi connectivity index (χ1n) is 13.0. The molecule has 0 spiro atoms. The number of carbonyl (C=O) groups is 2. The summed E-state index contributed by atoms with van der Waals surface area (Å²) in [5.41, 5.74) is 3.64. The van der Waals surface area contributed by atoms with Gasteiger partial charge in [0.25, 0.3) is 5.91 Å². The largest absolute Gasteiger partial charge is 0.342 e. The third-order valence-corrected chi connectivity index (χ3v) is 8.38. The Hall–Kier alpha value is -2.71. The van der Waals surface area contributed by atoms with E-state index in [9.17, 15) is 9.59 Å². The first kappa shape index (κ1) is 23.7. The maximum Gasteiger partial charge on any atom is 0.254 e. The number of halogens is 1. The molecule has 2 aromatic carbocycles. The number of likely N-dealkylation sites (N-methyl/N-ethyl adjacent to an activating group) is 1. The molecule has 0 bridgehead atoms. The highest BCUT2D eigenvalue weighted by Crippen LogP contribution is 2.34. The Morgan fingerprint density at radius 2 is 1.69 bits per heavy atom. The van der Waals surface area contributed by atoms with E-state index in [0.717, 1.165) is 92.0 Å². The zero-order valence-electron chi connectivity index (χ0n) is 20.7. The monoisotopic (exact) mass is 549 g/mol. The number of likely N-dealkylation sites (tertiary alicyclic amines) is 1. The zero-order chi connectivity index (χ0) is 24.8. The van der Waals surface area contributed by atoms with Crippen molar-refractivity contribution < 1.29 is 9.59 Å². The van der Waals surface area contributed by atoms with E-state index < -0.39 is 0 Å². The lowest BCUT2D eigenvalue weighted by Crippen LogP contribution is -2.47. The summed E-state index contributed by atoms with van der Waals surface area (Å²) in [5, 5.41) is 0. The summed E-state index contributed by atoms with van der Waals surface area (Å²) >= 11 is 3.54. The fourth-order valence-corrected chi connectivity index (χ4v) is 5.74. The van der Waals surface area contributed by atoms with Gasteiger partial charge in [-0.3, -0.25) is 9.59 Å². The lowest BCUT2D eigenvalue weighted by atomic mass is 10.1. The van der Waals surface area contributed by atoms with Crippen LogP contribution in [0.3, 0.4) is 0 Å². The van der Waals surface area contributed by atoms with E-state index in [1.165, 1.54) is 0 Å². The zero-order valence-corrected chi connectivity index (χ0v) is 22.3. The lowest BCUT2D eigenvalue weighted by molar-refractivity contribution is -0.131. The van der Waals surface area contributed by atoms with Gasteiger partial charge >= 0.3 is 0 Å². The number of imidazole rings is 1. The fourth-order valence-electron chi connectivity index (χ4n) is 5.48. The lowest BCUT2D eigenvalue weighted by Gasteiger charge is -2.32. The Labute approximate surface area is 220 Å². The molecule has 3 fully saturated rings. The summed E-state index contributed by atoms with van der Waals surface area (Å²) in [5.74, 6) is 1.97. The summed E-state index contributed by atoms with van der Waals surface area (Å²) in [4.78, 5) is 37.2. The Morgan fingerprint density at radius 3 is 2.42 bits per heavy atom. The Bertz CT molecular complexity index is 1290. The van der Waals surface area contributed by atoms with Gasteiger partial charge in [-0.2, -0.15) is 0 Å². The normalized spacial score (nSPS) is 20.9. The van der Waals surface area contributed by atoms with E-state index in [0.29, 0.717) is 17.4 Å². The highest BCUT2D eigenvalue weighted by atomic mass is 79.9. The van der Waals surface area contributed by atoms with E-state index in [-0.39, 0.29) is 11.8 Å². The fraction of sp³-hybridized carbons (Fsp3) is 0.464. The van der Waals surface area contributed by atoms with Crippen LogP contribution in [-0.2, 0) is 11.3 Å². The summed E-state index contributed by atoms with van der Waals surface area (Å²) in [6.07, 6.45) is 3.09. The van der Waals surface area contributed by atoms with Gasteiger partial charge in [0, 0.05) is 67.3 Å². The van der Waals surface area contributed by atoms with Crippen LogP contribution in [0.5, 0.6) is 0 Å². The number of rotatable bonds is 5. The average molecular weight is 551 g/mol. The van der Waals surface area contributed by atoms with Crippen LogP contribution in [0.25, 0.3) is 22.4 Å². The molecule has 3 aliphatic rings. The van der Waals surface area contributed by atoms with Crippen LogP contribution in [0, 0.1) is 11.8 Å². The molecule has 3 aromatic rings. The number of piperazine rings is 1. The second-order valence-electron chi connectivity index (χ2n) is 10.6. The molecule has 1 atom stereocenters. The highest BCUT2D eigenvalue weighted by Gasteiger charge is 2.37. The molecule has 8 heteroatoms. The quantitative estimate of drug-likeness (QED) is 0.480. The van der Waals surface area contributed by atoms with E-state index in [4.69, 9.17) is 4.98 Å². The third kappa shape index (κ3) is 4.68. The van der Waals surface area contributed by atoms with E-state index in [1.54, 1.807) is 0 Å². The van der Waals surface area contributed by atoms with Gasteiger partial charge in [0.05, 0.1) is 11.0 Å². The summed E-state index contributed by atoms with van der Waals surface area (Å²) in [7, 11) is 2.10. The molecule has 1 aliphatic carbocycles. The molecule has 36 heavy (non-hydrogen) atoms. The van der Waals surface area contributed by atoms with Crippen molar-refractivity contribution in [3.63, 3.8) is 0 Å². The van der Waals surface area contributed by atoms with Gasteiger partial charge in [-0.25, -0.2) is 4.98 Å². The number of amides is 2. The van der Waals surface area contributed by atoms with Gasteiger partial charge < -0.3 is 19.3 Å². The molecular formula is C28H32BrN5O2. The van der Waals surface area contributed by atoms with Crippen LogP contribution in [0.2, 0.25) is 0 Å². The van der Waals surface area contributed by atoms with Crippen molar-refractivity contribution in [1.29, 1.82) is 0 Å². The van der Waals surface area contributed by atoms with Gasteiger partial charge in [0.15, 0.2) is 0 Å². The van der Waals surface area contributed by atoms with Crippen LogP contribution in [0.4, 0.5) is 0 Å². The highest BCUT2D eigenvalue weighted by molar-refractivity contribution is 9.10. The van der Waals surface area contributed by atoms with Crippen molar-refractivity contribution in [2.45, 2.75) is 25.8 Å². The van der Waals surface area contributed by atoms with Crippen molar-refractivity contribution in [3.8, 4) is 11.4 Å². The van der Waals surface area contributed by atoms with Crippen LogP contribution in [-0.4, -0.2) is 82.4 Å². The first-order valence-corrected chi connectivity index (χ1v) is 13.8. The van der Waals surface area contributed by atoms with Crippen LogP contribution in [0.1, 0.15) is 29.6 Å². The molecule has 1 saturated carbocycles. The molecule has 7 nitrogen and oxygen atoms in total. The predicted octanol–water partition coefficient (Wildman–Crippen LogP) is 4.11. The second kappa shape index (κ2) is 9.63. The molecule has 0 unspecified atom stereocenters. The maximum absolute atomic E-state index is 13.3. The molecule has 2 aliphatic heterocycles. The van der Waals surface area contributed by atoms with Gasteiger partial charge in [-0.15, -0.1) is 0 Å². The summed E-state index contributed by atoms with van der Waals surface area (Å²) in [6.45, 7) is 5.73. The smallest absolute Gasteiger partial charge is 0.254 e. The average Bonchev–Trinajstić information content (AvgIpc) is 3.54. The van der Waals surface area contributed by atoms with E-state index in [1.807, 2.05) is 35.2 Å². The minimum atomic E-state index is 0.0880. The molecule has 0 radical (unpaired) electrons. The van der Waals surface area contributed by atoms with Gasteiger partial charge in [0.2, 0.25) is 5.91 Å². The number of hydrogen-bond acceptors (Lipinski definition) is 4. The molecule has 6 rings (SSSR count). The number of benzene rings is 2. The Kier molecular flexibility index (Phi) is 6.33. The predicted molar refractivity (Wildman–Crippen MR) is 144 cm³/mol. The molecule has 3 heterocycles. The van der Waals surface area contributed by atoms with Gasteiger partial charge in [-0.05, 0) is 62.6 Å². The third-order valence-electron chi connectivity index (χ3n) is 7.85. The molecule has 188 valence electrons. The summed E-state index contributed by atoms with van der Waals surface area (Å²) < 4.78 is 3.30. The van der Waals surface area contributed by atoms with Crippen molar-refractivity contribution in [3.05, 3.63) is 52.5 Å². The molecule has 2 amide bonds. The van der Waals surface area contributed by atoms with Gasteiger partial charge in [0.1, 0.15) is 5.82 Å². The van der Waals surface area contributed by atoms with Crippen molar-refractivity contribution in [2.75, 3.05) is 46.3 Å². The number of fused-ring (bicyclic) bond motifs is 1. The standard InChI is InChI=1S/C28H32BrN5O2/c1-31-12-14-32(15-13-31)28(36)22-6-9-24-25(16-22)34(26(30-24)20-4-7-23(29)8-5-20)18-19-10-11-33(17-19)27(35)21-2-3-21/h4-9,16,19,21H,2-3,10-15,17-18H2,1H3/t19-/m0/s1. The van der Waals surface area contributed by atoms with E-state index >= 15 is 0 Å². The van der Waals surface area contributed by atoms with Gasteiger partial charge in [-0.1, -0.05) is 28.1 Å². The van der Waals surface area contributed by atoms with Crippen molar-refractivity contribution >= 4 is 38.8 Å².